The van der Waals surface area contributed by atoms with E-state index in [1.807, 2.05) is 22.8 Å². The molecule has 0 spiro atoms. The van der Waals surface area contributed by atoms with Crippen molar-refractivity contribution in [2.75, 3.05) is 19.6 Å². The van der Waals surface area contributed by atoms with Crippen LogP contribution in [0.4, 0.5) is 0 Å². The first kappa shape index (κ1) is 13.5. The van der Waals surface area contributed by atoms with Crippen LogP contribution in [0, 0.1) is 5.92 Å². The van der Waals surface area contributed by atoms with Gasteiger partial charge in [-0.2, -0.15) is 5.10 Å². The van der Waals surface area contributed by atoms with Crippen molar-refractivity contribution in [3.05, 3.63) is 29.7 Å². The number of aromatic nitrogens is 3. The lowest BCUT2D eigenvalue weighted by Gasteiger charge is -2.30. The summed E-state index contributed by atoms with van der Waals surface area (Å²) in [6, 6.07) is 4.03. The number of fused-ring (bicyclic) bond motifs is 1. The molecule has 108 valence electrons. The van der Waals surface area contributed by atoms with Gasteiger partial charge in [-0.3, -0.25) is 0 Å². The van der Waals surface area contributed by atoms with Gasteiger partial charge < -0.3 is 10.6 Å². The molecule has 1 fully saturated rings. The minimum atomic E-state index is 0.550. The highest BCUT2D eigenvalue weighted by Crippen LogP contribution is 2.20. The molecule has 0 aliphatic carbocycles. The molecule has 20 heavy (non-hydrogen) atoms. The zero-order valence-electron chi connectivity index (χ0n) is 12.1. The second kappa shape index (κ2) is 5.89. The third-order valence-corrected chi connectivity index (χ3v) is 4.31. The fourth-order valence-corrected chi connectivity index (χ4v) is 2.95. The summed E-state index contributed by atoms with van der Waals surface area (Å²) in [5.74, 6) is 1.69. The van der Waals surface area contributed by atoms with Gasteiger partial charge in [0.15, 0.2) is 11.5 Å². The van der Waals surface area contributed by atoms with Crippen molar-refractivity contribution in [2.45, 2.75) is 32.7 Å². The SMILES string of the molecule is CCN1CCC(Cc2nc3cc(CN)ccn3n2)CC1. The molecule has 0 aromatic carbocycles. The van der Waals surface area contributed by atoms with Gasteiger partial charge in [0.1, 0.15) is 0 Å². The van der Waals surface area contributed by atoms with Crippen LogP contribution in [0.2, 0.25) is 0 Å². The van der Waals surface area contributed by atoms with Crippen LogP contribution in [0.3, 0.4) is 0 Å². The highest BCUT2D eigenvalue weighted by molar-refractivity contribution is 5.40. The van der Waals surface area contributed by atoms with Crippen LogP contribution in [-0.4, -0.2) is 39.1 Å². The van der Waals surface area contributed by atoms with Crippen molar-refractivity contribution in [2.24, 2.45) is 11.7 Å². The molecular formula is C15H23N5. The van der Waals surface area contributed by atoms with Gasteiger partial charge in [-0.05, 0) is 56.1 Å². The summed E-state index contributed by atoms with van der Waals surface area (Å²) in [6.45, 7) is 6.38. The van der Waals surface area contributed by atoms with Gasteiger partial charge >= 0.3 is 0 Å². The smallest absolute Gasteiger partial charge is 0.155 e. The summed E-state index contributed by atoms with van der Waals surface area (Å²) in [7, 11) is 0. The largest absolute Gasteiger partial charge is 0.326 e. The van der Waals surface area contributed by atoms with Crippen molar-refractivity contribution in [1.82, 2.24) is 19.5 Å². The standard InChI is InChI=1S/C15H23N5/c1-2-19-6-3-12(4-7-19)9-14-17-15-10-13(11-16)5-8-20(15)18-14/h5,8,10,12H,2-4,6-7,9,11,16H2,1H3. The second-order valence-corrected chi connectivity index (χ2v) is 5.65. The molecule has 5 nitrogen and oxygen atoms in total. The molecule has 0 amide bonds. The molecule has 0 unspecified atom stereocenters. The van der Waals surface area contributed by atoms with Gasteiger partial charge in [-0.15, -0.1) is 0 Å². The molecule has 2 N–H and O–H groups in total. The molecule has 1 aliphatic rings. The monoisotopic (exact) mass is 273 g/mol. The number of piperidine rings is 1. The lowest BCUT2D eigenvalue weighted by Crippen LogP contribution is -2.34. The molecule has 0 atom stereocenters. The van der Waals surface area contributed by atoms with Crippen molar-refractivity contribution in [3.8, 4) is 0 Å². The van der Waals surface area contributed by atoms with E-state index in [0.29, 0.717) is 6.54 Å². The third-order valence-electron chi connectivity index (χ3n) is 4.31. The van der Waals surface area contributed by atoms with Gasteiger partial charge in [-0.25, -0.2) is 9.50 Å². The molecule has 2 aromatic rings. The summed E-state index contributed by atoms with van der Waals surface area (Å²) in [5.41, 5.74) is 7.68. The lowest BCUT2D eigenvalue weighted by atomic mass is 9.93. The predicted octanol–water partition coefficient (Wildman–Crippen LogP) is 1.46. The maximum Gasteiger partial charge on any atom is 0.155 e. The number of hydrogen-bond donors (Lipinski definition) is 1. The van der Waals surface area contributed by atoms with E-state index in [1.165, 1.54) is 32.5 Å². The molecule has 0 saturated carbocycles. The Kier molecular flexibility index (Phi) is 3.98. The number of rotatable bonds is 4. The topological polar surface area (TPSA) is 59.5 Å². The van der Waals surface area contributed by atoms with Crippen molar-refractivity contribution >= 4 is 5.65 Å². The fourth-order valence-electron chi connectivity index (χ4n) is 2.95. The average molecular weight is 273 g/mol. The highest BCUT2D eigenvalue weighted by atomic mass is 15.3. The van der Waals surface area contributed by atoms with Gasteiger partial charge in [0.2, 0.25) is 0 Å². The first-order valence-corrected chi connectivity index (χ1v) is 7.55. The first-order valence-electron chi connectivity index (χ1n) is 7.55. The summed E-state index contributed by atoms with van der Waals surface area (Å²) < 4.78 is 1.86. The van der Waals surface area contributed by atoms with Crippen LogP contribution in [0.15, 0.2) is 18.3 Å². The van der Waals surface area contributed by atoms with E-state index >= 15 is 0 Å². The molecular weight excluding hydrogens is 250 g/mol. The first-order chi connectivity index (χ1) is 9.78. The van der Waals surface area contributed by atoms with Crippen LogP contribution in [0.25, 0.3) is 5.65 Å². The minimum absolute atomic E-state index is 0.550. The Morgan fingerprint density at radius 1 is 1.35 bits per heavy atom. The minimum Gasteiger partial charge on any atom is -0.326 e. The maximum atomic E-state index is 5.66. The summed E-state index contributed by atoms with van der Waals surface area (Å²) in [5, 5.41) is 4.57. The third kappa shape index (κ3) is 2.83. The Morgan fingerprint density at radius 3 is 2.85 bits per heavy atom. The Balaban J connectivity index is 1.68. The Morgan fingerprint density at radius 2 is 2.15 bits per heavy atom. The number of nitrogens with zero attached hydrogens (tertiary/aromatic N) is 4. The summed E-state index contributed by atoms with van der Waals surface area (Å²) in [4.78, 5) is 7.15. The van der Waals surface area contributed by atoms with E-state index in [4.69, 9.17) is 5.73 Å². The Bertz CT molecular complexity index is 569. The van der Waals surface area contributed by atoms with E-state index in [1.54, 1.807) is 0 Å². The van der Waals surface area contributed by atoms with Crippen LogP contribution in [-0.2, 0) is 13.0 Å². The van der Waals surface area contributed by atoms with E-state index in [0.717, 1.165) is 29.4 Å². The Labute approximate surface area is 119 Å². The Hall–Kier alpha value is -1.46. The summed E-state index contributed by atoms with van der Waals surface area (Å²) >= 11 is 0. The molecule has 3 heterocycles. The number of pyridine rings is 1. The molecule has 3 rings (SSSR count). The van der Waals surface area contributed by atoms with E-state index in [-0.39, 0.29) is 0 Å². The van der Waals surface area contributed by atoms with Gasteiger partial charge in [0.05, 0.1) is 0 Å². The molecule has 2 aromatic heterocycles. The normalized spacial score (nSPS) is 17.9. The lowest BCUT2D eigenvalue weighted by molar-refractivity contribution is 0.191. The number of likely N-dealkylation sites (tertiary alicyclic amines) is 1. The van der Waals surface area contributed by atoms with E-state index < -0.39 is 0 Å². The highest BCUT2D eigenvalue weighted by Gasteiger charge is 2.20. The average Bonchev–Trinajstić information content (AvgIpc) is 2.89. The van der Waals surface area contributed by atoms with Gasteiger partial charge in [0, 0.05) is 19.2 Å². The van der Waals surface area contributed by atoms with Gasteiger partial charge in [-0.1, -0.05) is 6.92 Å². The molecule has 0 bridgehead atoms. The zero-order chi connectivity index (χ0) is 13.9. The number of hydrogen-bond acceptors (Lipinski definition) is 4. The van der Waals surface area contributed by atoms with Crippen molar-refractivity contribution < 1.29 is 0 Å². The van der Waals surface area contributed by atoms with Crippen LogP contribution >= 0.6 is 0 Å². The van der Waals surface area contributed by atoms with Crippen LogP contribution in [0.5, 0.6) is 0 Å². The second-order valence-electron chi connectivity index (χ2n) is 5.65. The quantitative estimate of drug-likeness (QED) is 0.916. The van der Waals surface area contributed by atoms with Gasteiger partial charge in [0.25, 0.3) is 0 Å². The number of nitrogens with two attached hydrogens (primary N) is 1. The maximum absolute atomic E-state index is 5.66. The zero-order valence-corrected chi connectivity index (χ0v) is 12.1. The molecule has 1 aliphatic heterocycles. The van der Waals surface area contributed by atoms with Crippen molar-refractivity contribution in [1.29, 1.82) is 0 Å². The molecule has 5 heteroatoms. The van der Waals surface area contributed by atoms with E-state index in [9.17, 15) is 0 Å². The van der Waals surface area contributed by atoms with E-state index in [2.05, 4.69) is 21.9 Å². The predicted molar refractivity (Wildman–Crippen MR) is 79.4 cm³/mol. The summed E-state index contributed by atoms with van der Waals surface area (Å²) in [6.07, 6.45) is 5.47. The fraction of sp³-hybridized carbons (Fsp3) is 0.600. The molecule has 0 radical (unpaired) electrons. The van der Waals surface area contributed by atoms with Crippen LogP contribution in [0.1, 0.15) is 31.2 Å². The van der Waals surface area contributed by atoms with Crippen LogP contribution < -0.4 is 5.73 Å². The van der Waals surface area contributed by atoms with Crippen molar-refractivity contribution in [3.63, 3.8) is 0 Å². The molecule has 1 saturated heterocycles.